The van der Waals surface area contributed by atoms with Gasteiger partial charge in [-0.1, -0.05) is 12.1 Å². The van der Waals surface area contributed by atoms with E-state index in [2.05, 4.69) is 19.9 Å². The third-order valence-corrected chi connectivity index (χ3v) is 3.46. The van der Waals surface area contributed by atoms with Gasteiger partial charge in [0.15, 0.2) is 5.78 Å². The quantitative estimate of drug-likeness (QED) is 0.659. The number of benzene rings is 2. The molecule has 0 aliphatic rings. The molecule has 5 heteroatoms. The van der Waals surface area contributed by atoms with Gasteiger partial charge in [0.2, 0.25) is 0 Å². The fourth-order valence-corrected chi connectivity index (χ4v) is 2.47. The topological polar surface area (TPSA) is 58.2 Å². The fourth-order valence-electron chi connectivity index (χ4n) is 2.11. The van der Waals surface area contributed by atoms with E-state index in [-0.39, 0.29) is 11.7 Å². The second-order valence-corrected chi connectivity index (χ2v) is 5.63. The van der Waals surface area contributed by atoms with Crippen LogP contribution in [0.2, 0.25) is 0 Å². The highest BCUT2D eigenvalue weighted by atomic mass is 31.0. The van der Waals surface area contributed by atoms with Crippen LogP contribution in [0.3, 0.4) is 0 Å². The Bertz CT molecular complexity index is 714. The molecule has 0 saturated heterocycles. The Labute approximate surface area is 132 Å². The second-order valence-electron chi connectivity index (χ2n) is 4.97. The zero-order valence-electron chi connectivity index (χ0n) is 12.6. The lowest BCUT2D eigenvalue weighted by atomic mass is 10.1. The standard InChI is InChI=1S/C17H19N2O2P/c1-3-18-14-8-15(10-16(22)9-14)19-17(21)13-6-4-5-12(7-13)11(2)20/h4-10,18H,3,22H2,1-2H3,(H,19,21). The predicted octanol–water partition coefficient (Wildman–Crippen LogP) is 3.07. The highest BCUT2D eigenvalue weighted by Crippen LogP contribution is 2.17. The number of amides is 1. The Hall–Kier alpha value is -2.19. The minimum absolute atomic E-state index is 0.0592. The van der Waals surface area contributed by atoms with Gasteiger partial charge in [0.25, 0.3) is 5.91 Å². The first-order valence-electron chi connectivity index (χ1n) is 7.06. The van der Waals surface area contributed by atoms with Crippen molar-refractivity contribution in [2.75, 3.05) is 17.2 Å². The van der Waals surface area contributed by atoms with E-state index in [1.54, 1.807) is 24.3 Å². The molecule has 0 spiro atoms. The van der Waals surface area contributed by atoms with E-state index in [0.717, 1.165) is 17.5 Å². The second kappa shape index (κ2) is 7.19. The van der Waals surface area contributed by atoms with Crippen LogP contribution in [-0.2, 0) is 0 Å². The lowest BCUT2D eigenvalue weighted by molar-refractivity contribution is 0.101. The van der Waals surface area contributed by atoms with Gasteiger partial charge in [-0.2, -0.15) is 0 Å². The van der Waals surface area contributed by atoms with Crippen LogP contribution < -0.4 is 15.9 Å². The van der Waals surface area contributed by atoms with E-state index >= 15 is 0 Å². The van der Waals surface area contributed by atoms with Crippen molar-refractivity contribution in [3.8, 4) is 0 Å². The maximum atomic E-state index is 12.3. The third-order valence-electron chi connectivity index (χ3n) is 3.13. The predicted molar refractivity (Wildman–Crippen MR) is 94.3 cm³/mol. The normalized spacial score (nSPS) is 10.1. The number of hydrogen-bond acceptors (Lipinski definition) is 3. The summed E-state index contributed by atoms with van der Waals surface area (Å²) in [5.41, 5.74) is 2.65. The van der Waals surface area contributed by atoms with Gasteiger partial charge in [-0.15, -0.1) is 9.24 Å². The number of nitrogens with one attached hydrogen (secondary N) is 2. The van der Waals surface area contributed by atoms with Gasteiger partial charge in [-0.3, -0.25) is 9.59 Å². The van der Waals surface area contributed by atoms with Gasteiger partial charge in [0.05, 0.1) is 0 Å². The number of hydrogen-bond donors (Lipinski definition) is 2. The molecule has 2 aromatic rings. The number of Topliss-reactive ketones (excluding diaryl/α,β-unsaturated/α-hetero) is 1. The molecule has 1 amide bonds. The number of rotatable bonds is 5. The Morgan fingerprint density at radius 3 is 2.41 bits per heavy atom. The molecule has 22 heavy (non-hydrogen) atoms. The first-order chi connectivity index (χ1) is 10.5. The van der Waals surface area contributed by atoms with Gasteiger partial charge >= 0.3 is 0 Å². The van der Waals surface area contributed by atoms with Crippen LogP contribution in [0, 0.1) is 0 Å². The summed E-state index contributed by atoms with van der Waals surface area (Å²) >= 11 is 0. The summed E-state index contributed by atoms with van der Waals surface area (Å²) in [7, 11) is 2.62. The molecule has 0 radical (unpaired) electrons. The lowest BCUT2D eigenvalue weighted by Gasteiger charge is -2.10. The molecule has 1 atom stereocenters. The van der Waals surface area contributed by atoms with Gasteiger partial charge in [0, 0.05) is 29.0 Å². The first-order valence-corrected chi connectivity index (χ1v) is 7.64. The van der Waals surface area contributed by atoms with Crippen molar-refractivity contribution in [3.05, 3.63) is 53.6 Å². The van der Waals surface area contributed by atoms with Crippen molar-refractivity contribution in [2.24, 2.45) is 0 Å². The zero-order valence-corrected chi connectivity index (χ0v) is 13.8. The van der Waals surface area contributed by atoms with Crippen LogP contribution in [0.15, 0.2) is 42.5 Å². The summed E-state index contributed by atoms with van der Waals surface area (Å²) in [4.78, 5) is 23.7. The SMILES string of the molecule is CCNc1cc(P)cc(NC(=O)c2cccc(C(C)=O)c2)c1. The smallest absolute Gasteiger partial charge is 0.255 e. The molecular weight excluding hydrogens is 295 g/mol. The minimum atomic E-state index is -0.235. The van der Waals surface area contributed by atoms with Crippen molar-refractivity contribution >= 4 is 37.6 Å². The molecule has 0 fully saturated rings. The van der Waals surface area contributed by atoms with E-state index in [1.165, 1.54) is 6.92 Å². The Balaban J connectivity index is 2.21. The maximum Gasteiger partial charge on any atom is 0.255 e. The highest BCUT2D eigenvalue weighted by molar-refractivity contribution is 7.27. The molecule has 2 aromatic carbocycles. The summed E-state index contributed by atoms with van der Waals surface area (Å²) in [6, 6.07) is 12.4. The van der Waals surface area contributed by atoms with Gasteiger partial charge in [-0.25, -0.2) is 0 Å². The molecule has 0 aromatic heterocycles. The van der Waals surface area contributed by atoms with Crippen LogP contribution in [0.4, 0.5) is 11.4 Å². The number of carbonyl (C=O) groups excluding carboxylic acids is 2. The van der Waals surface area contributed by atoms with E-state index < -0.39 is 0 Å². The van der Waals surface area contributed by atoms with Crippen molar-refractivity contribution < 1.29 is 9.59 Å². The van der Waals surface area contributed by atoms with Crippen molar-refractivity contribution in [1.29, 1.82) is 0 Å². The Kier molecular flexibility index (Phi) is 5.29. The van der Waals surface area contributed by atoms with Crippen molar-refractivity contribution in [1.82, 2.24) is 0 Å². The van der Waals surface area contributed by atoms with E-state index in [4.69, 9.17) is 0 Å². The lowest BCUT2D eigenvalue weighted by Crippen LogP contribution is -2.14. The molecule has 0 heterocycles. The highest BCUT2D eigenvalue weighted by Gasteiger charge is 2.09. The molecular formula is C17H19N2O2P. The van der Waals surface area contributed by atoms with Crippen LogP contribution in [0.1, 0.15) is 34.6 Å². The van der Waals surface area contributed by atoms with Gasteiger partial charge < -0.3 is 10.6 Å². The number of ketones is 1. The first kappa shape index (κ1) is 16.2. The maximum absolute atomic E-state index is 12.3. The molecule has 0 aliphatic heterocycles. The molecule has 2 N–H and O–H groups in total. The molecule has 0 saturated carbocycles. The summed E-state index contributed by atoms with van der Waals surface area (Å²) in [6.07, 6.45) is 0. The monoisotopic (exact) mass is 314 g/mol. The minimum Gasteiger partial charge on any atom is -0.385 e. The average molecular weight is 314 g/mol. The summed E-state index contributed by atoms with van der Waals surface area (Å²) in [6.45, 7) is 4.31. The molecule has 2 rings (SSSR count). The number of carbonyl (C=O) groups is 2. The van der Waals surface area contributed by atoms with Crippen molar-refractivity contribution in [2.45, 2.75) is 13.8 Å². The molecule has 114 valence electrons. The average Bonchev–Trinajstić information content (AvgIpc) is 2.47. The zero-order chi connectivity index (χ0) is 16.1. The summed E-state index contributed by atoms with van der Waals surface area (Å²) in [5.74, 6) is -0.294. The van der Waals surface area contributed by atoms with Gasteiger partial charge in [0.1, 0.15) is 0 Å². The molecule has 1 unspecified atom stereocenters. The largest absolute Gasteiger partial charge is 0.385 e. The Morgan fingerprint density at radius 2 is 1.73 bits per heavy atom. The van der Waals surface area contributed by atoms with Crippen LogP contribution in [0.5, 0.6) is 0 Å². The van der Waals surface area contributed by atoms with E-state index in [0.29, 0.717) is 16.8 Å². The van der Waals surface area contributed by atoms with Gasteiger partial charge in [-0.05, 0) is 49.5 Å². The van der Waals surface area contributed by atoms with Crippen LogP contribution >= 0.6 is 9.24 Å². The van der Waals surface area contributed by atoms with E-state index in [9.17, 15) is 9.59 Å². The molecule has 0 bridgehead atoms. The van der Waals surface area contributed by atoms with E-state index in [1.807, 2.05) is 25.1 Å². The Morgan fingerprint density at radius 1 is 1.05 bits per heavy atom. The molecule has 4 nitrogen and oxygen atoms in total. The fraction of sp³-hybridized carbons (Fsp3) is 0.176. The van der Waals surface area contributed by atoms with Crippen molar-refractivity contribution in [3.63, 3.8) is 0 Å². The van der Waals surface area contributed by atoms with Crippen LogP contribution in [0.25, 0.3) is 0 Å². The molecule has 0 aliphatic carbocycles. The van der Waals surface area contributed by atoms with Crippen LogP contribution in [-0.4, -0.2) is 18.2 Å². The summed E-state index contributed by atoms with van der Waals surface area (Å²) < 4.78 is 0. The number of anilines is 2. The summed E-state index contributed by atoms with van der Waals surface area (Å²) in [5, 5.41) is 7.05. The third kappa shape index (κ3) is 4.15.